The number of hydrogen-bond donors (Lipinski definition) is 0. The van der Waals surface area contributed by atoms with E-state index in [4.69, 9.17) is 0 Å². The van der Waals surface area contributed by atoms with Crippen LogP contribution in [0.2, 0.25) is 0 Å². The lowest BCUT2D eigenvalue weighted by atomic mass is 10.6. The minimum Gasteiger partial charge on any atom is -0.202 e. The summed E-state index contributed by atoms with van der Waals surface area (Å²) in [6.45, 7) is 2.72. The summed E-state index contributed by atoms with van der Waals surface area (Å²) in [4.78, 5) is 0. The fourth-order valence-electron chi connectivity index (χ4n) is 0.317. The van der Waals surface area contributed by atoms with Crippen LogP contribution in [-0.4, -0.2) is 11.7 Å². The van der Waals surface area contributed by atoms with Gasteiger partial charge in [-0.15, -0.1) is 0 Å². The normalized spacial score (nSPS) is 13.2. The summed E-state index contributed by atoms with van der Waals surface area (Å²) < 4.78 is 46.8. The Kier molecular flexibility index (Phi) is 3.48. The molecular weight excluding hydrogens is 168 g/mol. The van der Waals surface area contributed by atoms with Crippen LogP contribution in [0, 0.1) is 5.25 Å². The van der Waals surface area contributed by atoms with Crippen molar-refractivity contribution in [1.29, 1.82) is 0 Å². The zero-order valence-corrected chi connectivity index (χ0v) is 6.31. The maximum Gasteiger partial charge on any atom is 0.353 e. The van der Waals surface area contributed by atoms with E-state index < -0.39 is 11.7 Å². The first kappa shape index (κ1) is 10.1. The third-order valence-corrected chi connectivity index (χ3v) is 1.45. The van der Waals surface area contributed by atoms with Crippen molar-refractivity contribution in [2.45, 2.75) is 25.5 Å². The second kappa shape index (κ2) is 3.46. The maximum atomic E-state index is 12.0. The predicted molar refractivity (Wildman–Crippen MR) is 33.1 cm³/mol. The van der Waals surface area contributed by atoms with Crippen LogP contribution in [-0.2, 0) is 0 Å². The molecule has 0 aromatic carbocycles. The average Bonchev–Trinajstić information content (AvgIpc) is 1.60. The van der Waals surface area contributed by atoms with Crippen LogP contribution in [0.3, 0.4) is 0 Å². The van der Waals surface area contributed by atoms with Crippen LogP contribution < -0.4 is 0 Å². The van der Waals surface area contributed by atoms with E-state index in [0.29, 0.717) is 0 Å². The van der Waals surface area contributed by atoms with Gasteiger partial charge < -0.3 is 0 Å². The first-order chi connectivity index (χ1) is 4.36. The van der Waals surface area contributed by atoms with Gasteiger partial charge in [-0.05, 0) is 13.8 Å². The number of halogens is 4. The molecule has 1 radical (unpaired) electrons. The molecule has 61 valence electrons. The van der Waals surface area contributed by atoms with E-state index in [1.807, 2.05) is 0 Å². The van der Waals surface area contributed by atoms with Gasteiger partial charge in [-0.25, -0.2) is 8.78 Å². The molecule has 0 aromatic rings. The molecule has 0 aliphatic rings. The molecule has 0 unspecified atom stereocenters. The summed E-state index contributed by atoms with van der Waals surface area (Å²) in [7, 11) is 0. The van der Waals surface area contributed by atoms with E-state index in [-0.39, 0.29) is 17.0 Å². The van der Waals surface area contributed by atoms with Gasteiger partial charge >= 0.3 is 11.7 Å². The van der Waals surface area contributed by atoms with E-state index in [1.54, 1.807) is 0 Å². The topological polar surface area (TPSA) is 0 Å². The second-order valence-corrected chi connectivity index (χ2v) is 3.44. The van der Waals surface area contributed by atoms with E-state index in [0.717, 1.165) is 0 Å². The van der Waals surface area contributed by atoms with Crippen LogP contribution in [0.4, 0.5) is 17.6 Å². The molecular formula is C5H7F4S. The Balaban J connectivity index is 3.87. The Morgan fingerprint density at radius 2 is 1.70 bits per heavy atom. The summed E-state index contributed by atoms with van der Waals surface area (Å²) >= 11 is -0.102. The van der Waals surface area contributed by atoms with Crippen LogP contribution in [0.5, 0.6) is 0 Å². The molecule has 0 saturated heterocycles. The lowest BCUT2D eigenvalue weighted by Crippen LogP contribution is -2.22. The molecule has 0 fully saturated rings. The molecule has 0 aliphatic heterocycles. The Labute approximate surface area is 61.0 Å². The summed E-state index contributed by atoms with van der Waals surface area (Å²) in [5.74, 6) is 0. The van der Waals surface area contributed by atoms with Crippen molar-refractivity contribution in [2.75, 3.05) is 0 Å². The van der Waals surface area contributed by atoms with Gasteiger partial charge in [0.05, 0.1) is 0 Å². The Bertz CT molecular complexity index is 102. The van der Waals surface area contributed by atoms with Crippen molar-refractivity contribution in [1.82, 2.24) is 0 Å². The summed E-state index contributed by atoms with van der Waals surface area (Å²) in [5, 5.41) is -3.70. The van der Waals surface area contributed by atoms with Gasteiger partial charge in [0, 0.05) is 5.25 Å². The third-order valence-electron chi connectivity index (χ3n) is 0.594. The van der Waals surface area contributed by atoms with E-state index >= 15 is 0 Å². The first-order valence-corrected chi connectivity index (χ1v) is 3.33. The van der Waals surface area contributed by atoms with Gasteiger partial charge in [0.15, 0.2) is 0 Å². The molecule has 0 spiro atoms. The van der Waals surface area contributed by atoms with Crippen LogP contribution >= 0.6 is 11.8 Å². The van der Waals surface area contributed by atoms with Crippen molar-refractivity contribution in [3.05, 3.63) is 5.25 Å². The Morgan fingerprint density at radius 3 is 1.80 bits per heavy atom. The fraction of sp³-hybridized carbons (Fsp3) is 0.800. The molecule has 0 aliphatic carbocycles. The molecule has 0 rings (SSSR count). The van der Waals surface area contributed by atoms with Gasteiger partial charge in [0.25, 0.3) is 0 Å². The molecule has 0 N–H and O–H groups in total. The van der Waals surface area contributed by atoms with Crippen molar-refractivity contribution < 1.29 is 17.6 Å². The first-order valence-electron chi connectivity index (χ1n) is 2.51. The van der Waals surface area contributed by atoms with Gasteiger partial charge in [0.1, 0.15) is 0 Å². The van der Waals surface area contributed by atoms with Crippen LogP contribution in [0.1, 0.15) is 13.8 Å². The highest BCUT2D eigenvalue weighted by molar-refractivity contribution is 8.03. The van der Waals surface area contributed by atoms with E-state index in [1.165, 1.54) is 13.8 Å². The van der Waals surface area contributed by atoms with Crippen LogP contribution in [0.25, 0.3) is 0 Å². The lowest BCUT2D eigenvalue weighted by molar-refractivity contribution is -0.0562. The largest absolute Gasteiger partial charge is 0.353 e. The van der Waals surface area contributed by atoms with Crippen molar-refractivity contribution in [3.63, 3.8) is 0 Å². The molecule has 0 amide bonds. The molecule has 0 atom stereocenters. The zero-order valence-electron chi connectivity index (χ0n) is 5.50. The molecule has 0 bridgehead atoms. The number of rotatable bonds is 3. The van der Waals surface area contributed by atoms with E-state index in [9.17, 15) is 17.6 Å². The fourth-order valence-corrected chi connectivity index (χ4v) is 0.950. The highest BCUT2D eigenvalue weighted by atomic mass is 32.2. The van der Waals surface area contributed by atoms with Gasteiger partial charge in [0.2, 0.25) is 0 Å². The third kappa shape index (κ3) is 3.29. The molecule has 10 heavy (non-hydrogen) atoms. The molecule has 0 saturated carbocycles. The highest BCUT2D eigenvalue weighted by Gasteiger charge is 2.42. The SMILES string of the molecule is C[C](C)SC(F)(F)C(F)F. The Hall–Kier alpha value is 0.0700. The number of hydrogen-bond acceptors (Lipinski definition) is 1. The minimum atomic E-state index is -3.93. The van der Waals surface area contributed by atoms with Gasteiger partial charge in [-0.1, -0.05) is 11.8 Å². The molecule has 0 aromatic heterocycles. The molecule has 0 nitrogen and oxygen atoms in total. The maximum absolute atomic E-state index is 12.0. The molecule has 0 heterocycles. The average molecular weight is 175 g/mol. The lowest BCUT2D eigenvalue weighted by Gasteiger charge is -2.15. The minimum absolute atomic E-state index is 0.102. The standard InChI is InChI=1S/C5H7F4S/c1-3(2)10-5(8,9)4(6)7/h4H,1-2H3. The predicted octanol–water partition coefficient (Wildman–Crippen LogP) is 3.15. The smallest absolute Gasteiger partial charge is 0.202 e. The Morgan fingerprint density at radius 1 is 1.30 bits per heavy atom. The summed E-state index contributed by atoms with van der Waals surface area (Å²) in [6.07, 6.45) is -3.59. The van der Waals surface area contributed by atoms with Crippen molar-refractivity contribution in [3.8, 4) is 0 Å². The summed E-state index contributed by atoms with van der Waals surface area (Å²) in [6, 6.07) is 0. The number of thioether (sulfide) groups is 1. The molecule has 5 heteroatoms. The second-order valence-electron chi connectivity index (χ2n) is 1.87. The van der Waals surface area contributed by atoms with Crippen molar-refractivity contribution in [2.24, 2.45) is 0 Å². The monoisotopic (exact) mass is 175 g/mol. The van der Waals surface area contributed by atoms with Crippen molar-refractivity contribution >= 4 is 11.8 Å². The van der Waals surface area contributed by atoms with Crippen LogP contribution in [0.15, 0.2) is 0 Å². The van der Waals surface area contributed by atoms with Gasteiger partial charge in [-0.2, -0.15) is 8.78 Å². The zero-order chi connectivity index (χ0) is 8.36. The van der Waals surface area contributed by atoms with Gasteiger partial charge in [-0.3, -0.25) is 0 Å². The number of alkyl halides is 4. The quantitative estimate of drug-likeness (QED) is 0.594. The summed E-state index contributed by atoms with van der Waals surface area (Å²) in [5.41, 5.74) is 0. The van der Waals surface area contributed by atoms with E-state index in [2.05, 4.69) is 0 Å². The highest BCUT2D eigenvalue weighted by Crippen LogP contribution is 2.40.